The molecule has 0 aliphatic carbocycles. The van der Waals surface area contributed by atoms with Crippen molar-refractivity contribution in [3.8, 4) is 0 Å². The summed E-state index contributed by atoms with van der Waals surface area (Å²) >= 11 is 0. The molecule has 2 aromatic rings. The second-order valence-electron chi connectivity index (χ2n) is 3.65. The molecule has 0 unspecified atom stereocenters. The van der Waals surface area contributed by atoms with Crippen molar-refractivity contribution in [2.24, 2.45) is 7.05 Å². The summed E-state index contributed by atoms with van der Waals surface area (Å²) in [6.45, 7) is 0.461. The minimum Gasteiger partial charge on any atom is -0.312 e. The molecule has 0 amide bonds. The van der Waals surface area contributed by atoms with E-state index in [0.717, 1.165) is 5.56 Å². The topological polar surface area (TPSA) is 39.8 Å². The predicted octanol–water partition coefficient (Wildman–Crippen LogP) is 0.964. The van der Waals surface area contributed by atoms with E-state index in [1.54, 1.807) is 10.9 Å². The standard InChI is InChI=1S/C11H12FN3O/c1-14-7-9(6-13-14)4-5-15-8-10(12)2-3-11(15)16/h2-3,6-8H,4-5H2,1H3. The number of pyridine rings is 1. The fraction of sp³-hybridized carbons (Fsp3) is 0.273. The van der Waals surface area contributed by atoms with Gasteiger partial charge in [-0.1, -0.05) is 0 Å². The van der Waals surface area contributed by atoms with Crippen molar-refractivity contribution in [3.05, 3.63) is 52.5 Å². The van der Waals surface area contributed by atoms with Crippen LogP contribution in [-0.2, 0) is 20.0 Å². The third kappa shape index (κ3) is 2.36. The lowest BCUT2D eigenvalue weighted by atomic mass is 10.2. The third-order valence-electron chi connectivity index (χ3n) is 2.35. The fourth-order valence-corrected chi connectivity index (χ4v) is 1.53. The molecular weight excluding hydrogens is 209 g/mol. The molecule has 0 atom stereocenters. The van der Waals surface area contributed by atoms with Crippen molar-refractivity contribution in [1.82, 2.24) is 14.3 Å². The summed E-state index contributed by atoms with van der Waals surface area (Å²) in [5, 5.41) is 4.02. The van der Waals surface area contributed by atoms with Crippen LogP contribution >= 0.6 is 0 Å². The Kier molecular flexibility index (Phi) is 2.85. The molecule has 0 N–H and O–H groups in total. The van der Waals surface area contributed by atoms with Gasteiger partial charge >= 0.3 is 0 Å². The summed E-state index contributed by atoms with van der Waals surface area (Å²) in [7, 11) is 1.83. The monoisotopic (exact) mass is 221 g/mol. The molecule has 2 heterocycles. The second kappa shape index (κ2) is 4.30. The van der Waals surface area contributed by atoms with Gasteiger partial charge in [-0.25, -0.2) is 4.39 Å². The molecule has 4 nitrogen and oxygen atoms in total. The van der Waals surface area contributed by atoms with Crippen LogP contribution in [0.1, 0.15) is 5.56 Å². The molecule has 16 heavy (non-hydrogen) atoms. The first-order chi connectivity index (χ1) is 7.65. The molecule has 2 aromatic heterocycles. The maximum absolute atomic E-state index is 12.9. The summed E-state index contributed by atoms with van der Waals surface area (Å²) in [5.41, 5.74) is 0.837. The first-order valence-electron chi connectivity index (χ1n) is 4.99. The summed E-state index contributed by atoms with van der Waals surface area (Å²) in [5.74, 6) is -0.397. The molecule has 0 saturated heterocycles. The molecule has 5 heteroatoms. The smallest absolute Gasteiger partial charge is 0.250 e. The van der Waals surface area contributed by atoms with Gasteiger partial charge in [0.15, 0.2) is 0 Å². The van der Waals surface area contributed by atoms with Crippen LogP contribution in [-0.4, -0.2) is 14.3 Å². The molecule has 0 fully saturated rings. The van der Waals surface area contributed by atoms with E-state index in [4.69, 9.17) is 0 Å². The molecular formula is C11H12FN3O. The zero-order valence-electron chi connectivity index (χ0n) is 8.93. The molecule has 0 aliphatic rings. The van der Waals surface area contributed by atoms with E-state index in [0.29, 0.717) is 13.0 Å². The highest BCUT2D eigenvalue weighted by molar-refractivity contribution is 5.04. The van der Waals surface area contributed by atoms with E-state index in [-0.39, 0.29) is 5.56 Å². The van der Waals surface area contributed by atoms with Gasteiger partial charge in [-0.3, -0.25) is 9.48 Å². The highest BCUT2D eigenvalue weighted by atomic mass is 19.1. The number of rotatable bonds is 3. The van der Waals surface area contributed by atoms with E-state index in [9.17, 15) is 9.18 Å². The van der Waals surface area contributed by atoms with Gasteiger partial charge in [-0.15, -0.1) is 0 Å². The highest BCUT2D eigenvalue weighted by Crippen LogP contribution is 2.00. The number of halogens is 1. The number of nitrogens with zero attached hydrogens (tertiary/aromatic N) is 3. The molecule has 0 aliphatic heterocycles. The first-order valence-corrected chi connectivity index (χ1v) is 4.99. The molecule has 0 radical (unpaired) electrons. The van der Waals surface area contributed by atoms with Gasteiger partial charge < -0.3 is 4.57 Å². The van der Waals surface area contributed by atoms with Gasteiger partial charge in [0.25, 0.3) is 5.56 Å². The Morgan fingerprint density at radius 2 is 2.19 bits per heavy atom. The Morgan fingerprint density at radius 3 is 2.88 bits per heavy atom. The number of hydrogen-bond donors (Lipinski definition) is 0. The van der Waals surface area contributed by atoms with Gasteiger partial charge in [0.2, 0.25) is 0 Å². The summed E-state index contributed by atoms with van der Waals surface area (Å²) in [6.07, 6.45) is 5.50. The van der Waals surface area contributed by atoms with Crippen molar-refractivity contribution in [1.29, 1.82) is 0 Å². The van der Waals surface area contributed by atoms with Gasteiger partial charge in [0, 0.05) is 32.1 Å². The molecule has 0 bridgehead atoms. The van der Waals surface area contributed by atoms with Gasteiger partial charge in [-0.05, 0) is 18.1 Å². The summed E-state index contributed by atoms with van der Waals surface area (Å²) < 4.78 is 16.0. The average Bonchev–Trinajstić information content (AvgIpc) is 2.66. The van der Waals surface area contributed by atoms with Crippen LogP contribution < -0.4 is 5.56 Å². The van der Waals surface area contributed by atoms with E-state index in [1.165, 1.54) is 22.9 Å². The van der Waals surface area contributed by atoms with Gasteiger partial charge in [0.05, 0.1) is 6.20 Å². The Labute approximate surface area is 91.9 Å². The normalized spacial score (nSPS) is 10.6. The fourth-order valence-electron chi connectivity index (χ4n) is 1.53. The van der Waals surface area contributed by atoms with Crippen LogP contribution in [0.3, 0.4) is 0 Å². The van der Waals surface area contributed by atoms with E-state index in [1.807, 2.05) is 13.2 Å². The molecule has 0 aromatic carbocycles. The Balaban J connectivity index is 2.10. The van der Waals surface area contributed by atoms with Crippen molar-refractivity contribution in [2.75, 3.05) is 0 Å². The lowest BCUT2D eigenvalue weighted by Gasteiger charge is -2.03. The van der Waals surface area contributed by atoms with Crippen LogP contribution in [0.15, 0.2) is 35.5 Å². The molecule has 84 valence electrons. The zero-order valence-corrected chi connectivity index (χ0v) is 8.93. The van der Waals surface area contributed by atoms with Gasteiger partial charge in [-0.2, -0.15) is 5.10 Å². The Morgan fingerprint density at radius 1 is 1.38 bits per heavy atom. The maximum Gasteiger partial charge on any atom is 0.250 e. The zero-order chi connectivity index (χ0) is 11.5. The van der Waals surface area contributed by atoms with Crippen LogP contribution in [0.25, 0.3) is 0 Å². The SMILES string of the molecule is Cn1cc(CCn2cc(F)ccc2=O)cn1. The minimum absolute atomic E-state index is 0.190. The maximum atomic E-state index is 12.9. The molecule has 2 rings (SSSR count). The lowest BCUT2D eigenvalue weighted by molar-refractivity contribution is 0.579. The van der Waals surface area contributed by atoms with Crippen LogP contribution in [0.5, 0.6) is 0 Å². The lowest BCUT2D eigenvalue weighted by Crippen LogP contribution is -2.19. The third-order valence-corrected chi connectivity index (χ3v) is 2.35. The van der Waals surface area contributed by atoms with Crippen molar-refractivity contribution < 1.29 is 4.39 Å². The van der Waals surface area contributed by atoms with E-state index < -0.39 is 5.82 Å². The second-order valence-corrected chi connectivity index (χ2v) is 3.65. The predicted molar refractivity (Wildman–Crippen MR) is 57.6 cm³/mol. The molecule has 0 saturated carbocycles. The summed E-state index contributed by atoms with van der Waals surface area (Å²) in [6, 6.07) is 2.40. The highest BCUT2D eigenvalue weighted by Gasteiger charge is 2.00. The number of hydrogen-bond acceptors (Lipinski definition) is 2. The Bertz CT molecular complexity index is 544. The largest absolute Gasteiger partial charge is 0.312 e. The summed E-state index contributed by atoms with van der Waals surface area (Å²) in [4.78, 5) is 11.4. The number of aromatic nitrogens is 3. The molecule has 0 spiro atoms. The Hall–Kier alpha value is -1.91. The van der Waals surface area contributed by atoms with Gasteiger partial charge in [0.1, 0.15) is 5.82 Å². The van der Waals surface area contributed by atoms with Crippen molar-refractivity contribution in [3.63, 3.8) is 0 Å². The quantitative estimate of drug-likeness (QED) is 0.774. The number of aryl methyl sites for hydroxylation is 3. The average molecular weight is 221 g/mol. The van der Waals surface area contributed by atoms with Crippen LogP contribution in [0.2, 0.25) is 0 Å². The van der Waals surface area contributed by atoms with E-state index >= 15 is 0 Å². The van der Waals surface area contributed by atoms with Crippen LogP contribution in [0.4, 0.5) is 4.39 Å². The first kappa shape index (κ1) is 10.6. The van der Waals surface area contributed by atoms with Crippen LogP contribution in [0, 0.1) is 5.82 Å². The van der Waals surface area contributed by atoms with Crippen molar-refractivity contribution >= 4 is 0 Å². The van der Waals surface area contributed by atoms with E-state index in [2.05, 4.69) is 5.10 Å². The minimum atomic E-state index is -0.397. The van der Waals surface area contributed by atoms with Crippen molar-refractivity contribution in [2.45, 2.75) is 13.0 Å².